The third-order valence-corrected chi connectivity index (χ3v) is 4.67. The quantitative estimate of drug-likeness (QED) is 0.731. The van der Waals surface area contributed by atoms with Crippen LogP contribution in [0.3, 0.4) is 0 Å². The van der Waals surface area contributed by atoms with Gasteiger partial charge < -0.3 is 15.1 Å². The summed E-state index contributed by atoms with van der Waals surface area (Å²) in [5.41, 5.74) is 1.46. The molecule has 2 aromatic heterocycles. The molecule has 0 bridgehead atoms. The molecule has 0 radical (unpaired) electrons. The monoisotopic (exact) mass is 379 g/mol. The molecular formula is C20H22FN7. The fourth-order valence-electron chi connectivity index (χ4n) is 3.20. The molecule has 1 aliphatic heterocycles. The molecule has 28 heavy (non-hydrogen) atoms. The van der Waals surface area contributed by atoms with Gasteiger partial charge in [-0.15, -0.1) is 0 Å². The van der Waals surface area contributed by atoms with Crippen LogP contribution in [0.2, 0.25) is 0 Å². The highest BCUT2D eigenvalue weighted by Gasteiger charge is 2.20. The number of nitrogens with one attached hydrogen (secondary N) is 1. The van der Waals surface area contributed by atoms with Crippen molar-refractivity contribution in [1.82, 2.24) is 19.9 Å². The molecule has 0 aliphatic carbocycles. The van der Waals surface area contributed by atoms with Crippen LogP contribution in [0.25, 0.3) is 0 Å². The lowest BCUT2D eigenvalue weighted by Gasteiger charge is -2.35. The van der Waals surface area contributed by atoms with Crippen LogP contribution >= 0.6 is 0 Å². The summed E-state index contributed by atoms with van der Waals surface area (Å²) < 4.78 is 13.8. The fraction of sp³-hybridized carbons (Fsp3) is 0.300. The Balaban J connectivity index is 1.42. The third-order valence-electron chi connectivity index (χ3n) is 4.67. The molecule has 1 fully saturated rings. The van der Waals surface area contributed by atoms with Gasteiger partial charge in [0.15, 0.2) is 0 Å². The van der Waals surface area contributed by atoms with Gasteiger partial charge in [-0.25, -0.2) is 19.3 Å². The maximum absolute atomic E-state index is 13.8. The minimum Gasteiger partial charge on any atom is -0.353 e. The van der Waals surface area contributed by atoms with E-state index in [1.54, 1.807) is 24.5 Å². The average Bonchev–Trinajstić information content (AvgIpc) is 2.74. The molecule has 3 aromatic rings. The molecule has 3 heterocycles. The summed E-state index contributed by atoms with van der Waals surface area (Å²) in [4.78, 5) is 22.1. The fourth-order valence-corrected chi connectivity index (χ4v) is 3.20. The van der Waals surface area contributed by atoms with Crippen molar-refractivity contribution in [2.45, 2.75) is 13.5 Å². The summed E-state index contributed by atoms with van der Waals surface area (Å²) in [6.07, 6.45) is 3.52. The highest BCUT2D eigenvalue weighted by molar-refractivity contribution is 5.47. The van der Waals surface area contributed by atoms with E-state index in [1.807, 2.05) is 25.1 Å². The maximum Gasteiger partial charge on any atom is 0.225 e. The Morgan fingerprint density at radius 3 is 2.43 bits per heavy atom. The Morgan fingerprint density at radius 1 is 0.964 bits per heavy atom. The Bertz CT molecular complexity index is 927. The van der Waals surface area contributed by atoms with Crippen molar-refractivity contribution in [3.05, 3.63) is 65.9 Å². The van der Waals surface area contributed by atoms with E-state index < -0.39 is 0 Å². The zero-order valence-corrected chi connectivity index (χ0v) is 15.7. The van der Waals surface area contributed by atoms with E-state index >= 15 is 0 Å². The van der Waals surface area contributed by atoms with Gasteiger partial charge in [0.25, 0.3) is 0 Å². The summed E-state index contributed by atoms with van der Waals surface area (Å²) in [5, 5.41) is 3.14. The predicted octanol–water partition coefficient (Wildman–Crippen LogP) is 2.65. The standard InChI is InChI=1S/C20H22FN7/c1-15-13-18(26-19(25-15)24-14-16-5-2-3-6-17(16)21)27-9-11-28(12-10-27)20-22-7-4-8-23-20/h2-8,13H,9-12,14H2,1H3,(H,24,25,26). The first kappa shape index (κ1) is 18.1. The third kappa shape index (κ3) is 4.16. The zero-order valence-electron chi connectivity index (χ0n) is 15.7. The van der Waals surface area contributed by atoms with Crippen LogP contribution in [-0.4, -0.2) is 46.1 Å². The molecule has 0 unspecified atom stereocenters. The molecule has 8 heteroatoms. The van der Waals surface area contributed by atoms with Crippen molar-refractivity contribution in [2.24, 2.45) is 0 Å². The molecule has 1 aromatic carbocycles. The molecule has 0 saturated carbocycles. The van der Waals surface area contributed by atoms with Crippen LogP contribution in [0.5, 0.6) is 0 Å². The topological polar surface area (TPSA) is 70.1 Å². The van der Waals surface area contributed by atoms with Crippen molar-refractivity contribution in [3.63, 3.8) is 0 Å². The SMILES string of the molecule is Cc1cc(N2CCN(c3ncccn3)CC2)nc(NCc2ccccc2F)n1. The van der Waals surface area contributed by atoms with Gasteiger partial charge in [-0.05, 0) is 19.1 Å². The van der Waals surface area contributed by atoms with E-state index in [-0.39, 0.29) is 5.82 Å². The number of piperazine rings is 1. The summed E-state index contributed by atoms with van der Waals surface area (Å²) in [6, 6.07) is 10.5. The minimum atomic E-state index is -0.234. The summed E-state index contributed by atoms with van der Waals surface area (Å²) in [7, 11) is 0. The van der Waals surface area contributed by atoms with Gasteiger partial charge >= 0.3 is 0 Å². The van der Waals surface area contributed by atoms with E-state index in [1.165, 1.54) is 6.07 Å². The summed E-state index contributed by atoms with van der Waals surface area (Å²) in [6.45, 7) is 5.57. The lowest BCUT2D eigenvalue weighted by Crippen LogP contribution is -2.47. The normalized spacial score (nSPS) is 14.2. The van der Waals surface area contributed by atoms with Crippen molar-refractivity contribution in [2.75, 3.05) is 41.3 Å². The van der Waals surface area contributed by atoms with Crippen molar-refractivity contribution < 1.29 is 4.39 Å². The smallest absolute Gasteiger partial charge is 0.225 e. The Hall–Kier alpha value is -3.29. The van der Waals surface area contributed by atoms with Crippen LogP contribution in [0.15, 0.2) is 48.8 Å². The number of halogens is 1. The van der Waals surface area contributed by atoms with Crippen LogP contribution in [-0.2, 0) is 6.54 Å². The number of aromatic nitrogens is 4. The number of anilines is 3. The molecule has 1 N–H and O–H groups in total. The second kappa shape index (κ2) is 8.16. The summed E-state index contributed by atoms with van der Waals surface area (Å²) in [5.74, 6) is 1.90. The van der Waals surface area contributed by atoms with Crippen LogP contribution in [0, 0.1) is 12.7 Å². The largest absolute Gasteiger partial charge is 0.353 e. The van der Waals surface area contributed by atoms with Gasteiger partial charge in [-0.2, -0.15) is 4.98 Å². The first-order valence-electron chi connectivity index (χ1n) is 9.29. The van der Waals surface area contributed by atoms with Crippen molar-refractivity contribution in [3.8, 4) is 0 Å². The highest BCUT2D eigenvalue weighted by atomic mass is 19.1. The second-order valence-corrected chi connectivity index (χ2v) is 6.66. The zero-order chi connectivity index (χ0) is 19.3. The minimum absolute atomic E-state index is 0.234. The van der Waals surface area contributed by atoms with Crippen LogP contribution < -0.4 is 15.1 Å². The maximum atomic E-state index is 13.8. The van der Waals surface area contributed by atoms with Gasteiger partial charge in [0.2, 0.25) is 11.9 Å². The molecule has 1 aliphatic rings. The van der Waals surface area contributed by atoms with E-state index in [0.29, 0.717) is 18.1 Å². The van der Waals surface area contributed by atoms with Gasteiger partial charge in [0, 0.05) is 62.4 Å². The van der Waals surface area contributed by atoms with E-state index in [4.69, 9.17) is 0 Å². The molecular weight excluding hydrogens is 357 g/mol. The van der Waals surface area contributed by atoms with Crippen molar-refractivity contribution >= 4 is 17.7 Å². The Morgan fingerprint density at radius 2 is 1.68 bits per heavy atom. The number of aryl methyl sites for hydroxylation is 1. The van der Waals surface area contributed by atoms with Crippen molar-refractivity contribution in [1.29, 1.82) is 0 Å². The second-order valence-electron chi connectivity index (χ2n) is 6.66. The first-order chi connectivity index (χ1) is 13.7. The Kier molecular flexibility index (Phi) is 5.27. The van der Waals surface area contributed by atoms with E-state index in [9.17, 15) is 4.39 Å². The van der Waals surface area contributed by atoms with Gasteiger partial charge in [-0.3, -0.25) is 0 Å². The molecule has 0 atom stereocenters. The number of hydrogen-bond donors (Lipinski definition) is 1. The lowest BCUT2D eigenvalue weighted by atomic mass is 10.2. The van der Waals surface area contributed by atoms with E-state index in [0.717, 1.165) is 43.6 Å². The number of rotatable bonds is 5. The average molecular weight is 379 g/mol. The lowest BCUT2D eigenvalue weighted by molar-refractivity contribution is 0.612. The molecule has 7 nitrogen and oxygen atoms in total. The predicted molar refractivity (Wildman–Crippen MR) is 107 cm³/mol. The molecule has 4 rings (SSSR count). The van der Waals surface area contributed by atoms with Gasteiger partial charge in [0.1, 0.15) is 11.6 Å². The number of benzene rings is 1. The molecule has 0 spiro atoms. The Labute approximate surface area is 163 Å². The van der Waals surface area contributed by atoms with Gasteiger partial charge in [-0.1, -0.05) is 18.2 Å². The van der Waals surface area contributed by atoms with Gasteiger partial charge in [0.05, 0.1) is 0 Å². The van der Waals surface area contributed by atoms with Crippen LogP contribution in [0.4, 0.5) is 22.1 Å². The number of nitrogens with zero attached hydrogens (tertiary/aromatic N) is 6. The first-order valence-corrected chi connectivity index (χ1v) is 9.29. The molecule has 0 amide bonds. The van der Waals surface area contributed by atoms with E-state index in [2.05, 4.69) is 35.1 Å². The highest BCUT2D eigenvalue weighted by Crippen LogP contribution is 2.19. The van der Waals surface area contributed by atoms with Crippen LogP contribution in [0.1, 0.15) is 11.3 Å². The number of hydrogen-bond acceptors (Lipinski definition) is 7. The molecule has 1 saturated heterocycles. The summed E-state index contributed by atoms with van der Waals surface area (Å²) >= 11 is 0. The molecule has 144 valence electrons.